The van der Waals surface area contributed by atoms with E-state index in [-0.39, 0.29) is 17.2 Å². The highest BCUT2D eigenvalue weighted by Gasteiger charge is 2.46. The van der Waals surface area contributed by atoms with Crippen LogP contribution < -0.4 is 0 Å². The molecule has 1 aliphatic rings. The van der Waals surface area contributed by atoms with Crippen LogP contribution in [0.15, 0.2) is 12.7 Å². The van der Waals surface area contributed by atoms with E-state index in [0.717, 1.165) is 6.42 Å². The summed E-state index contributed by atoms with van der Waals surface area (Å²) in [6.45, 7) is 14.1. The van der Waals surface area contributed by atoms with Gasteiger partial charge in [-0.05, 0) is 34.1 Å². The largest absolute Gasteiger partial charge is 0.300 e. The number of nitrogens with zero attached hydrogens (tertiary/aromatic N) is 1. The SMILES string of the molecule is C=CC(CC)ON1C(C)(C)CC(=O)CC1(C)C. The third kappa shape index (κ3) is 3.17. The summed E-state index contributed by atoms with van der Waals surface area (Å²) in [5.74, 6) is 0.312. The van der Waals surface area contributed by atoms with Gasteiger partial charge in [0, 0.05) is 23.9 Å². The summed E-state index contributed by atoms with van der Waals surface area (Å²) in [4.78, 5) is 17.8. The van der Waals surface area contributed by atoms with Crippen LogP contribution in [-0.4, -0.2) is 28.0 Å². The number of ketones is 1. The van der Waals surface area contributed by atoms with Crippen LogP contribution in [-0.2, 0) is 9.63 Å². The Morgan fingerprint density at radius 1 is 1.35 bits per heavy atom. The lowest BCUT2D eigenvalue weighted by Gasteiger charge is -2.51. The van der Waals surface area contributed by atoms with Gasteiger partial charge in [-0.3, -0.25) is 9.63 Å². The first-order chi connectivity index (χ1) is 7.73. The Bertz CT molecular complexity index is 287. The molecule has 0 aromatic heterocycles. The summed E-state index contributed by atoms with van der Waals surface area (Å²) in [5, 5.41) is 2.00. The molecular weight excluding hydrogens is 214 g/mol. The highest BCUT2D eigenvalue weighted by Crippen LogP contribution is 2.37. The molecule has 3 nitrogen and oxygen atoms in total. The molecule has 0 aromatic carbocycles. The molecule has 17 heavy (non-hydrogen) atoms. The second-order valence-electron chi connectivity index (χ2n) is 6.10. The number of hydroxylamine groups is 2. The van der Waals surface area contributed by atoms with Crippen molar-refractivity contribution in [3.63, 3.8) is 0 Å². The second kappa shape index (κ2) is 4.91. The van der Waals surface area contributed by atoms with Crippen LogP contribution in [0.1, 0.15) is 53.9 Å². The van der Waals surface area contributed by atoms with Crippen LogP contribution in [0.4, 0.5) is 0 Å². The Labute approximate surface area is 105 Å². The van der Waals surface area contributed by atoms with E-state index in [9.17, 15) is 4.79 Å². The van der Waals surface area contributed by atoms with E-state index in [2.05, 4.69) is 41.2 Å². The molecule has 0 N–H and O–H groups in total. The molecule has 0 aromatic rings. The zero-order chi connectivity index (χ0) is 13.3. The molecule has 0 aliphatic carbocycles. The van der Waals surface area contributed by atoms with Crippen LogP contribution in [0.5, 0.6) is 0 Å². The summed E-state index contributed by atoms with van der Waals surface area (Å²) in [7, 11) is 0. The van der Waals surface area contributed by atoms with Gasteiger partial charge >= 0.3 is 0 Å². The van der Waals surface area contributed by atoms with E-state index >= 15 is 0 Å². The Morgan fingerprint density at radius 3 is 2.18 bits per heavy atom. The van der Waals surface area contributed by atoms with Gasteiger partial charge in [0.1, 0.15) is 5.78 Å². The Hall–Kier alpha value is -0.670. The van der Waals surface area contributed by atoms with Gasteiger partial charge in [0.15, 0.2) is 0 Å². The Morgan fingerprint density at radius 2 is 1.82 bits per heavy atom. The van der Waals surface area contributed by atoms with Crippen molar-refractivity contribution >= 4 is 5.78 Å². The Kier molecular flexibility index (Phi) is 4.15. The first kappa shape index (κ1) is 14.4. The molecule has 1 aliphatic heterocycles. The van der Waals surface area contributed by atoms with Gasteiger partial charge in [0.25, 0.3) is 0 Å². The molecule has 1 unspecified atom stereocenters. The molecule has 0 spiro atoms. The van der Waals surface area contributed by atoms with E-state index in [1.54, 1.807) is 0 Å². The lowest BCUT2D eigenvalue weighted by molar-refractivity contribution is -0.290. The van der Waals surface area contributed by atoms with Crippen molar-refractivity contribution in [1.29, 1.82) is 0 Å². The number of carbonyl (C=O) groups excluding carboxylic acids is 1. The highest BCUT2D eigenvalue weighted by molar-refractivity contribution is 5.81. The van der Waals surface area contributed by atoms with Crippen molar-refractivity contribution in [2.75, 3.05) is 0 Å². The van der Waals surface area contributed by atoms with Crippen molar-refractivity contribution < 1.29 is 9.63 Å². The fourth-order valence-electron chi connectivity index (χ4n) is 2.70. The van der Waals surface area contributed by atoms with Crippen molar-refractivity contribution in [3.8, 4) is 0 Å². The minimum Gasteiger partial charge on any atom is -0.300 e. The monoisotopic (exact) mass is 239 g/mol. The van der Waals surface area contributed by atoms with E-state index in [4.69, 9.17) is 4.84 Å². The first-order valence-corrected chi connectivity index (χ1v) is 6.34. The molecule has 0 saturated carbocycles. The average molecular weight is 239 g/mol. The molecule has 98 valence electrons. The number of carbonyl (C=O) groups is 1. The second-order valence-corrected chi connectivity index (χ2v) is 6.10. The summed E-state index contributed by atoms with van der Waals surface area (Å²) < 4.78 is 0. The molecule has 1 heterocycles. The molecule has 0 radical (unpaired) electrons. The van der Waals surface area contributed by atoms with Gasteiger partial charge in [0.2, 0.25) is 0 Å². The minimum absolute atomic E-state index is 0.0155. The number of hydrogen-bond acceptors (Lipinski definition) is 3. The van der Waals surface area contributed by atoms with Gasteiger partial charge in [-0.2, -0.15) is 5.06 Å². The average Bonchev–Trinajstić information content (AvgIpc) is 2.14. The van der Waals surface area contributed by atoms with E-state index in [1.165, 1.54) is 0 Å². The number of hydrogen-bond donors (Lipinski definition) is 0. The van der Waals surface area contributed by atoms with Gasteiger partial charge in [-0.1, -0.05) is 13.0 Å². The van der Waals surface area contributed by atoms with Crippen LogP contribution in [0.2, 0.25) is 0 Å². The molecule has 1 fully saturated rings. The maximum atomic E-state index is 11.8. The molecule has 0 bridgehead atoms. The summed E-state index contributed by atoms with van der Waals surface area (Å²) in [6, 6.07) is 0. The topological polar surface area (TPSA) is 29.5 Å². The van der Waals surface area contributed by atoms with Gasteiger partial charge < -0.3 is 0 Å². The summed E-state index contributed by atoms with van der Waals surface area (Å²) in [6.07, 6.45) is 3.82. The van der Waals surface area contributed by atoms with Gasteiger partial charge in [-0.25, -0.2) is 0 Å². The number of piperidine rings is 1. The highest BCUT2D eigenvalue weighted by atomic mass is 16.7. The number of rotatable bonds is 4. The van der Waals surface area contributed by atoms with Gasteiger partial charge in [-0.15, -0.1) is 6.58 Å². The van der Waals surface area contributed by atoms with Crippen LogP contribution in [0.25, 0.3) is 0 Å². The zero-order valence-electron chi connectivity index (χ0n) is 11.7. The molecule has 3 heteroatoms. The zero-order valence-corrected chi connectivity index (χ0v) is 11.7. The first-order valence-electron chi connectivity index (χ1n) is 6.34. The quantitative estimate of drug-likeness (QED) is 0.706. The summed E-state index contributed by atoms with van der Waals surface area (Å²) in [5.41, 5.74) is -0.509. The standard InChI is InChI=1S/C14H25NO2/c1-7-12(8-2)17-15-13(3,4)9-11(16)10-14(15,5)6/h7,12H,1,8-10H2,2-6H3. The van der Waals surface area contributed by atoms with E-state index in [1.807, 2.05) is 11.1 Å². The van der Waals surface area contributed by atoms with Crippen molar-refractivity contribution in [3.05, 3.63) is 12.7 Å². The number of Topliss-reactive ketones (excluding diaryl/α,β-unsaturated/α-hetero) is 1. The molecule has 1 atom stereocenters. The Balaban J connectivity index is 2.92. The molecular formula is C14H25NO2. The maximum absolute atomic E-state index is 11.8. The lowest BCUT2D eigenvalue weighted by Crippen LogP contribution is -2.61. The van der Waals surface area contributed by atoms with Crippen LogP contribution >= 0.6 is 0 Å². The maximum Gasteiger partial charge on any atom is 0.136 e. The summed E-state index contributed by atoms with van der Waals surface area (Å²) >= 11 is 0. The predicted octanol–water partition coefficient (Wildman–Crippen LogP) is 3.10. The van der Waals surface area contributed by atoms with E-state index < -0.39 is 0 Å². The van der Waals surface area contributed by atoms with Gasteiger partial charge in [0.05, 0.1) is 6.10 Å². The predicted molar refractivity (Wildman–Crippen MR) is 69.6 cm³/mol. The van der Waals surface area contributed by atoms with Crippen LogP contribution in [0.3, 0.4) is 0 Å². The van der Waals surface area contributed by atoms with E-state index in [0.29, 0.717) is 18.6 Å². The lowest BCUT2D eigenvalue weighted by atomic mass is 9.81. The fraction of sp³-hybridized carbons (Fsp3) is 0.786. The third-order valence-electron chi connectivity index (χ3n) is 3.27. The normalized spacial score (nSPS) is 25.6. The van der Waals surface area contributed by atoms with Crippen molar-refractivity contribution in [2.24, 2.45) is 0 Å². The molecule has 1 saturated heterocycles. The third-order valence-corrected chi connectivity index (χ3v) is 3.27. The smallest absolute Gasteiger partial charge is 0.136 e. The van der Waals surface area contributed by atoms with Crippen molar-refractivity contribution in [1.82, 2.24) is 5.06 Å². The molecule has 1 rings (SSSR count). The van der Waals surface area contributed by atoms with Crippen LogP contribution in [0, 0.1) is 0 Å². The fourth-order valence-corrected chi connectivity index (χ4v) is 2.70. The molecule has 0 amide bonds. The van der Waals surface area contributed by atoms with Crippen molar-refractivity contribution in [2.45, 2.75) is 71.1 Å². The minimum atomic E-state index is -0.255.